The van der Waals surface area contributed by atoms with Crippen LogP contribution in [-0.2, 0) is 4.79 Å². The first kappa shape index (κ1) is 11.1. The Hall–Kier alpha value is -0.970. The van der Waals surface area contributed by atoms with Crippen molar-refractivity contribution in [3.05, 3.63) is 11.8 Å². The average molecular weight is 214 g/mol. The van der Waals surface area contributed by atoms with E-state index in [4.69, 9.17) is 5.11 Å². The molecule has 1 N–H and O–H groups in total. The van der Waals surface area contributed by atoms with Gasteiger partial charge in [-0.3, -0.25) is 9.48 Å². The van der Waals surface area contributed by atoms with Crippen LogP contribution in [0.5, 0.6) is 0 Å². The number of hydrogen-bond donors (Lipinski definition) is 1. The Morgan fingerprint density at radius 3 is 2.86 bits per heavy atom. The number of aromatic nitrogens is 2. The Morgan fingerprint density at radius 2 is 2.36 bits per heavy atom. The summed E-state index contributed by atoms with van der Waals surface area (Å²) in [7, 11) is 0. The van der Waals surface area contributed by atoms with Crippen LogP contribution in [0.2, 0.25) is 0 Å². The zero-order chi connectivity index (χ0) is 10.7. The van der Waals surface area contributed by atoms with Crippen LogP contribution in [0.25, 0.3) is 0 Å². The average Bonchev–Trinajstić information content (AvgIpc) is 2.43. The standard InChI is InChI=1S/C9H14N2O2S/c1-6(2)11-8(4-7(3)10-11)14-5-9(12)13/h4,6H,5H2,1-3H3,(H,12,13). The lowest BCUT2D eigenvalue weighted by Gasteiger charge is -2.08. The molecule has 0 amide bonds. The van der Waals surface area contributed by atoms with E-state index >= 15 is 0 Å². The van der Waals surface area contributed by atoms with Gasteiger partial charge in [0, 0.05) is 6.04 Å². The van der Waals surface area contributed by atoms with Gasteiger partial charge in [0.05, 0.1) is 16.5 Å². The fourth-order valence-corrected chi connectivity index (χ4v) is 2.02. The van der Waals surface area contributed by atoms with Crippen LogP contribution in [0.4, 0.5) is 0 Å². The number of nitrogens with zero attached hydrogens (tertiary/aromatic N) is 2. The maximum atomic E-state index is 10.4. The summed E-state index contributed by atoms with van der Waals surface area (Å²) < 4.78 is 1.85. The molecule has 0 saturated heterocycles. The molecule has 0 radical (unpaired) electrons. The van der Waals surface area contributed by atoms with Crippen molar-refractivity contribution < 1.29 is 9.90 Å². The molecule has 1 aromatic rings. The van der Waals surface area contributed by atoms with Crippen LogP contribution >= 0.6 is 11.8 Å². The Bertz CT molecular complexity index is 334. The van der Waals surface area contributed by atoms with Gasteiger partial charge in [-0.05, 0) is 26.8 Å². The molecule has 1 heterocycles. The minimum absolute atomic E-state index is 0.0812. The zero-order valence-electron chi connectivity index (χ0n) is 8.52. The van der Waals surface area contributed by atoms with E-state index in [1.807, 2.05) is 31.5 Å². The summed E-state index contributed by atoms with van der Waals surface area (Å²) in [4.78, 5) is 10.4. The highest BCUT2D eigenvalue weighted by atomic mass is 32.2. The van der Waals surface area contributed by atoms with Crippen LogP contribution in [0, 0.1) is 6.92 Å². The highest BCUT2D eigenvalue weighted by Gasteiger charge is 2.10. The lowest BCUT2D eigenvalue weighted by atomic mass is 10.4. The molecule has 0 aliphatic heterocycles. The monoisotopic (exact) mass is 214 g/mol. The van der Waals surface area contributed by atoms with Crippen LogP contribution < -0.4 is 0 Å². The predicted octanol–water partition coefficient (Wildman–Crippen LogP) is 1.95. The van der Waals surface area contributed by atoms with Gasteiger partial charge >= 0.3 is 5.97 Å². The molecule has 14 heavy (non-hydrogen) atoms. The van der Waals surface area contributed by atoms with E-state index in [1.165, 1.54) is 11.8 Å². The number of carboxylic acid groups (broad SMARTS) is 1. The van der Waals surface area contributed by atoms with Crippen molar-refractivity contribution in [2.45, 2.75) is 31.8 Å². The normalized spacial score (nSPS) is 10.9. The second-order valence-electron chi connectivity index (χ2n) is 3.34. The van der Waals surface area contributed by atoms with Crippen molar-refractivity contribution in [2.75, 3.05) is 5.75 Å². The van der Waals surface area contributed by atoms with E-state index in [2.05, 4.69) is 5.10 Å². The molecule has 0 spiro atoms. The van der Waals surface area contributed by atoms with Crippen molar-refractivity contribution in [3.8, 4) is 0 Å². The summed E-state index contributed by atoms with van der Waals surface area (Å²) in [6.45, 7) is 5.96. The minimum Gasteiger partial charge on any atom is -0.481 e. The molecule has 78 valence electrons. The highest BCUT2D eigenvalue weighted by molar-refractivity contribution is 7.99. The first-order valence-corrected chi connectivity index (χ1v) is 5.40. The molecule has 1 rings (SSSR count). The third-order valence-corrected chi connectivity index (χ3v) is 2.65. The maximum Gasteiger partial charge on any atom is 0.313 e. The van der Waals surface area contributed by atoms with Gasteiger partial charge < -0.3 is 5.11 Å². The van der Waals surface area contributed by atoms with Crippen molar-refractivity contribution in [1.82, 2.24) is 9.78 Å². The van der Waals surface area contributed by atoms with Crippen LogP contribution in [0.1, 0.15) is 25.6 Å². The number of aryl methyl sites for hydroxylation is 1. The molecule has 4 nitrogen and oxygen atoms in total. The number of aliphatic carboxylic acids is 1. The fourth-order valence-electron chi connectivity index (χ4n) is 1.11. The van der Waals surface area contributed by atoms with E-state index < -0.39 is 5.97 Å². The number of carbonyl (C=O) groups is 1. The molecule has 0 fully saturated rings. The third kappa shape index (κ3) is 2.77. The number of hydrogen-bond acceptors (Lipinski definition) is 3. The molecular weight excluding hydrogens is 200 g/mol. The van der Waals surface area contributed by atoms with Crippen molar-refractivity contribution in [2.24, 2.45) is 0 Å². The maximum absolute atomic E-state index is 10.4. The number of carboxylic acids is 1. The van der Waals surface area contributed by atoms with Crippen LogP contribution in [0.15, 0.2) is 11.1 Å². The van der Waals surface area contributed by atoms with Gasteiger partial charge in [0.1, 0.15) is 0 Å². The molecule has 0 saturated carbocycles. The summed E-state index contributed by atoms with van der Waals surface area (Å²) in [6.07, 6.45) is 0. The second-order valence-corrected chi connectivity index (χ2v) is 4.34. The fraction of sp³-hybridized carbons (Fsp3) is 0.556. The highest BCUT2D eigenvalue weighted by Crippen LogP contribution is 2.22. The van der Waals surface area contributed by atoms with Gasteiger partial charge in [0.15, 0.2) is 0 Å². The lowest BCUT2D eigenvalue weighted by molar-refractivity contribution is -0.133. The van der Waals surface area contributed by atoms with Gasteiger partial charge in [-0.25, -0.2) is 0 Å². The predicted molar refractivity (Wildman–Crippen MR) is 55.7 cm³/mol. The first-order chi connectivity index (χ1) is 6.50. The smallest absolute Gasteiger partial charge is 0.313 e. The second kappa shape index (κ2) is 4.50. The number of rotatable bonds is 4. The first-order valence-electron chi connectivity index (χ1n) is 4.41. The summed E-state index contributed by atoms with van der Waals surface area (Å²) in [6, 6.07) is 2.17. The van der Waals surface area contributed by atoms with Crippen LogP contribution in [-0.4, -0.2) is 26.6 Å². The lowest BCUT2D eigenvalue weighted by Crippen LogP contribution is -2.06. The van der Waals surface area contributed by atoms with E-state index in [0.717, 1.165) is 10.7 Å². The van der Waals surface area contributed by atoms with Crippen LogP contribution in [0.3, 0.4) is 0 Å². The molecule has 1 aromatic heterocycles. The Balaban J connectivity index is 2.79. The van der Waals surface area contributed by atoms with Gasteiger partial charge in [-0.2, -0.15) is 5.10 Å². The van der Waals surface area contributed by atoms with Crippen molar-refractivity contribution in [1.29, 1.82) is 0 Å². The Morgan fingerprint density at radius 1 is 1.71 bits per heavy atom. The molecule has 0 atom stereocenters. The van der Waals surface area contributed by atoms with Gasteiger partial charge in [-0.15, -0.1) is 0 Å². The molecular formula is C9H14N2O2S. The van der Waals surface area contributed by atoms with Crippen molar-refractivity contribution in [3.63, 3.8) is 0 Å². The SMILES string of the molecule is Cc1cc(SCC(=O)O)n(C(C)C)n1. The Labute approximate surface area is 87.3 Å². The summed E-state index contributed by atoms with van der Waals surface area (Å²) >= 11 is 1.31. The molecule has 0 aliphatic carbocycles. The quantitative estimate of drug-likeness (QED) is 0.778. The van der Waals surface area contributed by atoms with Gasteiger partial charge in [0.25, 0.3) is 0 Å². The summed E-state index contributed by atoms with van der Waals surface area (Å²) in [5, 5.41) is 13.8. The number of thioether (sulfide) groups is 1. The summed E-state index contributed by atoms with van der Waals surface area (Å²) in [5.74, 6) is -0.721. The van der Waals surface area contributed by atoms with E-state index in [0.29, 0.717) is 0 Å². The molecule has 5 heteroatoms. The van der Waals surface area contributed by atoms with Crippen molar-refractivity contribution >= 4 is 17.7 Å². The van der Waals surface area contributed by atoms with Gasteiger partial charge in [-0.1, -0.05) is 11.8 Å². The van der Waals surface area contributed by atoms with Gasteiger partial charge in [0.2, 0.25) is 0 Å². The third-order valence-electron chi connectivity index (χ3n) is 1.66. The zero-order valence-corrected chi connectivity index (χ0v) is 9.34. The molecule has 0 bridgehead atoms. The molecule has 0 aliphatic rings. The van der Waals surface area contributed by atoms with E-state index in [-0.39, 0.29) is 11.8 Å². The largest absolute Gasteiger partial charge is 0.481 e. The molecule has 0 aromatic carbocycles. The topological polar surface area (TPSA) is 55.1 Å². The summed E-state index contributed by atoms with van der Waals surface area (Å²) in [5.41, 5.74) is 0.923. The molecule has 0 unspecified atom stereocenters. The van der Waals surface area contributed by atoms with E-state index in [1.54, 1.807) is 0 Å². The van der Waals surface area contributed by atoms with E-state index in [9.17, 15) is 4.79 Å². The Kier molecular flexibility index (Phi) is 3.57. The minimum atomic E-state index is -0.802.